The molecule has 1 aromatic carbocycles. The lowest BCUT2D eigenvalue weighted by Gasteiger charge is -2.09. The summed E-state index contributed by atoms with van der Waals surface area (Å²) in [7, 11) is 0. The molecule has 0 unspecified atom stereocenters. The summed E-state index contributed by atoms with van der Waals surface area (Å²) in [5.41, 5.74) is 2.74. The molecular weight excluding hydrogens is 204 g/mol. The average molecular weight is 216 g/mol. The molecule has 2 rings (SSSR count). The fourth-order valence-corrected chi connectivity index (χ4v) is 1.66. The molecule has 0 aliphatic heterocycles. The van der Waals surface area contributed by atoms with Crippen molar-refractivity contribution < 1.29 is 9.90 Å². The molecule has 0 saturated heterocycles. The van der Waals surface area contributed by atoms with Gasteiger partial charge in [0.05, 0.1) is 18.4 Å². The van der Waals surface area contributed by atoms with E-state index in [9.17, 15) is 4.79 Å². The Bertz CT molecular complexity index is 517. The van der Waals surface area contributed by atoms with Gasteiger partial charge in [0.25, 0.3) is 0 Å². The molecule has 0 fully saturated rings. The van der Waals surface area contributed by atoms with Crippen LogP contribution in [0.4, 0.5) is 0 Å². The Morgan fingerprint density at radius 2 is 2.19 bits per heavy atom. The molecule has 1 heterocycles. The van der Waals surface area contributed by atoms with Crippen molar-refractivity contribution in [2.75, 3.05) is 0 Å². The summed E-state index contributed by atoms with van der Waals surface area (Å²) in [4.78, 5) is 14.7. The lowest BCUT2D eigenvalue weighted by molar-refractivity contribution is -0.136. The molecule has 16 heavy (non-hydrogen) atoms. The second-order valence-electron chi connectivity index (χ2n) is 3.61. The summed E-state index contributed by atoms with van der Waals surface area (Å²) < 4.78 is 1.81. The van der Waals surface area contributed by atoms with Crippen molar-refractivity contribution >= 4 is 5.97 Å². The number of nitrogens with zero attached hydrogens (tertiary/aromatic N) is 2. The highest BCUT2D eigenvalue weighted by molar-refractivity contribution is 5.69. The molecule has 0 bridgehead atoms. The number of aliphatic carboxylic acids is 1. The first-order valence-corrected chi connectivity index (χ1v) is 4.97. The molecule has 2 aromatic rings. The first-order chi connectivity index (χ1) is 7.68. The predicted octanol–water partition coefficient (Wildman–Crippen LogP) is 1.81. The Kier molecular flexibility index (Phi) is 2.72. The van der Waals surface area contributed by atoms with Crippen molar-refractivity contribution in [1.82, 2.24) is 9.55 Å². The van der Waals surface area contributed by atoms with E-state index in [1.165, 1.54) is 0 Å². The average Bonchev–Trinajstić information content (AvgIpc) is 2.66. The molecular formula is C12H12N2O2. The third-order valence-electron chi connectivity index (χ3n) is 2.42. The SMILES string of the molecule is Cc1ccccc1-n1cncc1CC(=O)O. The monoisotopic (exact) mass is 216 g/mol. The van der Waals surface area contributed by atoms with E-state index < -0.39 is 5.97 Å². The highest BCUT2D eigenvalue weighted by Gasteiger charge is 2.09. The number of para-hydroxylation sites is 1. The standard InChI is InChI=1S/C12H12N2O2/c1-9-4-2-3-5-11(9)14-8-13-7-10(14)6-12(15)16/h2-5,7-8H,6H2,1H3,(H,15,16). The van der Waals surface area contributed by atoms with Crippen LogP contribution < -0.4 is 0 Å². The van der Waals surface area contributed by atoms with Gasteiger partial charge in [-0.25, -0.2) is 4.98 Å². The number of carbonyl (C=O) groups is 1. The van der Waals surface area contributed by atoms with E-state index in [1.54, 1.807) is 12.5 Å². The molecule has 4 heteroatoms. The topological polar surface area (TPSA) is 55.1 Å². The molecule has 1 N–H and O–H groups in total. The van der Waals surface area contributed by atoms with Crippen LogP contribution in [0.25, 0.3) is 5.69 Å². The minimum absolute atomic E-state index is 0.0195. The number of aromatic nitrogens is 2. The fraction of sp³-hybridized carbons (Fsp3) is 0.167. The molecule has 0 aliphatic rings. The molecule has 4 nitrogen and oxygen atoms in total. The van der Waals surface area contributed by atoms with Gasteiger partial charge in [0, 0.05) is 11.9 Å². The van der Waals surface area contributed by atoms with Gasteiger partial charge in [0.1, 0.15) is 0 Å². The van der Waals surface area contributed by atoms with Crippen molar-refractivity contribution in [2.24, 2.45) is 0 Å². The number of rotatable bonds is 3. The predicted molar refractivity (Wildman–Crippen MR) is 59.6 cm³/mol. The molecule has 0 spiro atoms. The lowest BCUT2D eigenvalue weighted by Crippen LogP contribution is -2.06. The van der Waals surface area contributed by atoms with Gasteiger partial charge in [0.15, 0.2) is 0 Å². The van der Waals surface area contributed by atoms with Gasteiger partial charge < -0.3 is 9.67 Å². The second-order valence-corrected chi connectivity index (χ2v) is 3.61. The first kappa shape index (κ1) is 10.4. The van der Waals surface area contributed by atoms with E-state index in [0.29, 0.717) is 5.69 Å². The summed E-state index contributed by atoms with van der Waals surface area (Å²) in [6.45, 7) is 1.99. The Morgan fingerprint density at radius 1 is 1.44 bits per heavy atom. The number of aryl methyl sites for hydroxylation is 1. The Balaban J connectivity index is 2.45. The first-order valence-electron chi connectivity index (χ1n) is 4.97. The number of carboxylic acids is 1. The highest BCUT2D eigenvalue weighted by atomic mass is 16.4. The van der Waals surface area contributed by atoms with Gasteiger partial charge >= 0.3 is 5.97 Å². The molecule has 0 aliphatic carbocycles. The number of hydrogen-bond acceptors (Lipinski definition) is 2. The second kappa shape index (κ2) is 4.18. The Hall–Kier alpha value is -2.10. The molecule has 0 amide bonds. The van der Waals surface area contributed by atoms with Gasteiger partial charge in [-0.3, -0.25) is 4.79 Å². The zero-order chi connectivity index (χ0) is 11.5. The van der Waals surface area contributed by atoms with Crippen molar-refractivity contribution in [2.45, 2.75) is 13.3 Å². The quantitative estimate of drug-likeness (QED) is 0.851. The summed E-state index contributed by atoms with van der Waals surface area (Å²) in [6, 6.07) is 7.81. The molecule has 82 valence electrons. The van der Waals surface area contributed by atoms with E-state index in [2.05, 4.69) is 4.98 Å². The fourth-order valence-electron chi connectivity index (χ4n) is 1.66. The van der Waals surface area contributed by atoms with Gasteiger partial charge in [-0.05, 0) is 18.6 Å². The third-order valence-corrected chi connectivity index (χ3v) is 2.42. The van der Waals surface area contributed by atoms with Crippen molar-refractivity contribution in [3.63, 3.8) is 0 Å². The van der Waals surface area contributed by atoms with Crippen LogP contribution in [0, 0.1) is 6.92 Å². The van der Waals surface area contributed by atoms with Crippen LogP contribution in [0.2, 0.25) is 0 Å². The molecule has 0 radical (unpaired) electrons. The van der Waals surface area contributed by atoms with E-state index in [-0.39, 0.29) is 6.42 Å². The normalized spacial score (nSPS) is 10.3. The van der Waals surface area contributed by atoms with Crippen molar-refractivity contribution in [3.8, 4) is 5.69 Å². The van der Waals surface area contributed by atoms with Crippen LogP contribution >= 0.6 is 0 Å². The molecule has 1 aromatic heterocycles. The van der Waals surface area contributed by atoms with Gasteiger partial charge in [0.2, 0.25) is 0 Å². The van der Waals surface area contributed by atoms with Gasteiger partial charge in [-0.15, -0.1) is 0 Å². The Labute approximate surface area is 93.2 Å². The van der Waals surface area contributed by atoms with Gasteiger partial charge in [-0.2, -0.15) is 0 Å². The van der Waals surface area contributed by atoms with Crippen LogP contribution in [0.5, 0.6) is 0 Å². The maximum atomic E-state index is 10.7. The smallest absolute Gasteiger partial charge is 0.309 e. The maximum Gasteiger partial charge on any atom is 0.309 e. The van der Waals surface area contributed by atoms with E-state index in [0.717, 1.165) is 11.3 Å². The largest absolute Gasteiger partial charge is 0.481 e. The summed E-state index contributed by atoms with van der Waals surface area (Å²) >= 11 is 0. The van der Waals surface area contributed by atoms with Crippen molar-refractivity contribution in [3.05, 3.63) is 48.0 Å². The number of carboxylic acid groups (broad SMARTS) is 1. The third kappa shape index (κ3) is 1.95. The lowest BCUT2D eigenvalue weighted by atomic mass is 10.2. The van der Waals surface area contributed by atoms with E-state index in [4.69, 9.17) is 5.11 Å². The van der Waals surface area contributed by atoms with Crippen LogP contribution in [-0.2, 0) is 11.2 Å². The maximum absolute atomic E-state index is 10.7. The van der Waals surface area contributed by atoms with Gasteiger partial charge in [-0.1, -0.05) is 18.2 Å². The minimum atomic E-state index is -0.852. The summed E-state index contributed by atoms with van der Waals surface area (Å²) in [5, 5.41) is 8.78. The van der Waals surface area contributed by atoms with Crippen LogP contribution in [0.1, 0.15) is 11.3 Å². The van der Waals surface area contributed by atoms with Crippen LogP contribution in [0.3, 0.4) is 0 Å². The van der Waals surface area contributed by atoms with E-state index >= 15 is 0 Å². The molecule has 0 atom stereocenters. The number of benzene rings is 1. The minimum Gasteiger partial charge on any atom is -0.481 e. The zero-order valence-electron chi connectivity index (χ0n) is 8.92. The summed E-state index contributed by atoms with van der Waals surface area (Å²) in [6.07, 6.45) is 3.20. The molecule has 0 saturated carbocycles. The van der Waals surface area contributed by atoms with E-state index in [1.807, 2.05) is 35.8 Å². The van der Waals surface area contributed by atoms with Crippen LogP contribution in [0.15, 0.2) is 36.8 Å². The summed E-state index contributed by atoms with van der Waals surface area (Å²) in [5.74, 6) is -0.852. The highest BCUT2D eigenvalue weighted by Crippen LogP contribution is 2.15. The number of hydrogen-bond donors (Lipinski definition) is 1. The Morgan fingerprint density at radius 3 is 2.88 bits per heavy atom. The zero-order valence-corrected chi connectivity index (χ0v) is 8.92. The number of imidazole rings is 1. The van der Waals surface area contributed by atoms with Crippen molar-refractivity contribution in [1.29, 1.82) is 0 Å². The van der Waals surface area contributed by atoms with Crippen LogP contribution in [-0.4, -0.2) is 20.6 Å².